The van der Waals surface area contributed by atoms with E-state index >= 15 is 0 Å². The second-order valence-electron chi connectivity index (χ2n) is 7.46. The lowest BCUT2D eigenvalue weighted by molar-refractivity contribution is 0.234. The Morgan fingerprint density at radius 3 is 2.72 bits per heavy atom. The molecule has 0 bridgehead atoms. The highest BCUT2D eigenvalue weighted by Crippen LogP contribution is 2.37. The molecular weight excluding hydrogens is 398 g/mol. The first-order chi connectivity index (χ1) is 14.2. The first-order valence-corrected chi connectivity index (χ1v) is 11.7. The SMILES string of the molecule is CN1CCC(NCc2cc(COc3scc(-c4ccccc4)c3C#N)cs2)CC1. The smallest absolute Gasteiger partial charge is 0.192 e. The Morgan fingerprint density at radius 2 is 1.97 bits per heavy atom. The second-order valence-corrected chi connectivity index (χ2v) is 9.30. The Labute approximate surface area is 180 Å². The molecule has 0 unspecified atom stereocenters. The van der Waals surface area contributed by atoms with Crippen molar-refractivity contribution in [2.24, 2.45) is 0 Å². The lowest BCUT2D eigenvalue weighted by atomic mass is 10.1. The molecule has 1 fully saturated rings. The van der Waals surface area contributed by atoms with Crippen LogP contribution in [0.15, 0.2) is 47.2 Å². The first-order valence-electron chi connectivity index (χ1n) is 9.91. The molecule has 0 amide bonds. The number of nitrogens with one attached hydrogen (secondary N) is 1. The van der Waals surface area contributed by atoms with Gasteiger partial charge in [0.25, 0.3) is 0 Å². The van der Waals surface area contributed by atoms with Gasteiger partial charge in [0.1, 0.15) is 18.2 Å². The van der Waals surface area contributed by atoms with Crippen LogP contribution in [0.1, 0.15) is 28.8 Å². The van der Waals surface area contributed by atoms with E-state index in [2.05, 4.69) is 34.8 Å². The molecule has 1 N–H and O–H groups in total. The number of benzene rings is 1. The number of piperidine rings is 1. The van der Waals surface area contributed by atoms with Crippen LogP contribution in [0.3, 0.4) is 0 Å². The van der Waals surface area contributed by atoms with Crippen molar-refractivity contribution in [2.45, 2.75) is 32.0 Å². The van der Waals surface area contributed by atoms with Gasteiger partial charge in [-0.2, -0.15) is 5.26 Å². The Morgan fingerprint density at radius 1 is 1.17 bits per heavy atom. The molecule has 29 heavy (non-hydrogen) atoms. The maximum absolute atomic E-state index is 9.63. The van der Waals surface area contributed by atoms with Crippen molar-refractivity contribution >= 4 is 22.7 Å². The van der Waals surface area contributed by atoms with Gasteiger partial charge in [-0.15, -0.1) is 22.7 Å². The van der Waals surface area contributed by atoms with Crippen LogP contribution in [0.4, 0.5) is 0 Å². The number of rotatable bonds is 7. The normalized spacial score (nSPS) is 15.3. The molecule has 6 heteroatoms. The van der Waals surface area contributed by atoms with Crippen LogP contribution in [0.2, 0.25) is 0 Å². The van der Waals surface area contributed by atoms with Gasteiger partial charge in [-0.1, -0.05) is 30.3 Å². The molecule has 0 radical (unpaired) electrons. The van der Waals surface area contributed by atoms with Gasteiger partial charge in [0.15, 0.2) is 5.06 Å². The standard InChI is InChI=1S/C23H25N3OS2/c1-26-9-7-19(8-10-26)25-13-20-11-17(15-28-20)14-27-23-21(12-24)22(16-29-23)18-5-3-2-4-6-18/h2-6,11,15-16,19,25H,7-10,13-14H2,1H3. The van der Waals surface area contributed by atoms with Gasteiger partial charge in [-0.25, -0.2) is 0 Å². The summed E-state index contributed by atoms with van der Waals surface area (Å²) in [7, 11) is 2.19. The molecule has 0 spiro atoms. The zero-order valence-corrected chi connectivity index (χ0v) is 18.2. The number of nitriles is 1. The van der Waals surface area contributed by atoms with E-state index in [-0.39, 0.29) is 0 Å². The molecule has 0 atom stereocenters. The third kappa shape index (κ3) is 5.06. The molecule has 4 nitrogen and oxygen atoms in total. The molecule has 1 aliphatic heterocycles. The fourth-order valence-corrected chi connectivity index (χ4v) is 5.29. The summed E-state index contributed by atoms with van der Waals surface area (Å²) in [6, 6.07) is 15.2. The molecule has 150 valence electrons. The summed E-state index contributed by atoms with van der Waals surface area (Å²) in [6.45, 7) is 3.76. The molecule has 0 saturated carbocycles. The highest BCUT2D eigenvalue weighted by atomic mass is 32.1. The Kier molecular flexibility index (Phi) is 6.63. The van der Waals surface area contributed by atoms with Crippen molar-refractivity contribution < 1.29 is 4.74 Å². The second kappa shape index (κ2) is 9.55. The number of hydrogen-bond donors (Lipinski definition) is 1. The minimum atomic E-state index is 0.494. The number of ether oxygens (including phenoxy) is 1. The van der Waals surface area contributed by atoms with E-state index in [4.69, 9.17) is 4.74 Å². The summed E-state index contributed by atoms with van der Waals surface area (Å²) in [5.74, 6) is 0. The predicted octanol–water partition coefficient (Wildman–Crippen LogP) is 5.11. The maximum atomic E-state index is 9.63. The third-order valence-electron chi connectivity index (χ3n) is 5.32. The highest BCUT2D eigenvalue weighted by Gasteiger charge is 2.17. The van der Waals surface area contributed by atoms with Crippen molar-refractivity contribution in [3.05, 3.63) is 63.2 Å². The minimum absolute atomic E-state index is 0.494. The van der Waals surface area contributed by atoms with Gasteiger partial charge < -0.3 is 15.0 Å². The minimum Gasteiger partial charge on any atom is -0.478 e. The quantitative estimate of drug-likeness (QED) is 0.574. The van der Waals surface area contributed by atoms with E-state index < -0.39 is 0 Å². The van der Waals surface area contributed by atoms with Gasteiger partial charge >= 0.3 is 0 Å². The van der Waals surface area contributed by atoms with Gasteiger partial charge in [-0.05, 0) is 50.0 Å². The average molecular weight is 424 g/mol. The summed E-state index contributed by atoms with van der Waals surface area (Å²) >= 11 is 3.26. The van der Waals surface area contributed by atoms with Crippen LogP contribution < -0.4 is 10.1 Å². The Bertz CT molecular complexity index is 966. The fourth-order valence-electron chi connectivity index (χ4n) is 3.58. The molecule has 4 rings (SSSR count). The molecule has 1 aliphatic rings. The van der Waals surface area contributed by atoms with Crippen molar-refractivity contribution in [1.29, 1.82) is 5.26 Å². The first kappa shape index (κ1) is 20.1. The summed E-state index contributed by atoms with van der Waals surface area (Å²) in [4.78, 5) is 3.72. The van der Waals surface area contributed by atoms with Crippen LogP contribution in [-0.2, 0) is 13.2 Å². The summed E-state index contributed by atoms with van der Waals surface area (Å²) in [5, 5.41) is 18.2. The summed E-state index contributed by atoms with van der Waals surface area (Å²) in [6.07, 6.45) is 2.44. The van der Waals surface area contributed by atoms with E-state index in [0.29, 0.717) is 23.3 Å². The van der Waals surface area contributed by atoms with Crippen molar-refractivity contribution in [3.8, 4) is 22.3 Å². The van der Waals surface area contributed by atoms with Crippen LogP contribution in [0.5, 0.6) is 5.06 Å². The maximum Gasteiger partial charge on any atom is 0.192 e. The molecule has 1 saturated heterocycles. The topological polar surface area (TPSA) is 48.3 Å². The average Bonchev–Trinajstić information content (AvgIpc) is 3.39. The Hall–Kier alpha value is -2.17. The van der Waals surface area contributed by atoms with E-state index in [1.54, 1.807) is 11.3 Å². The lowest BCUT2D eigenvalue weighted by Gasteiger charge is -2.29. The van der Waals surface area contributed by atoms with Gasteiger partial charge in [0.05, 0.1) is 0 Å². The molecule has 1 aromatic carbocycles. The zero-order chi connectivity index (χ0) is 20.1. The zero-order valence-electron chi connectivity index (χ0n) is 16.6. The highest BCUT2D eigenvalue weighted by molar-refractivity contribution is 7.12. The van der Waals surface area contributed by atoms with E-state index in [1.807, 2.05) is 35.7 Å². The van der Waals surface area contributed by atoms with Crippen LogP contribution in [-0.4, -0.2) is 31.1 Å². The van der Waals surface area contributed by atoms with Crippen LogP contribution in [0.25, 0.3) is 11.1 Å². The Balaban J connectivity index is 1.33. The van der Waals surface area contributed by atoms with Gasteiger partial charge in [0.2, 0.25) is 0 Å². The van der Waals surface area contributed by atoms with E-state index in [0.717, 1.165) is 23.2 Å². The fraction of sp³-hybridized carbons (Fsp3) is 0.348. The number of thiophene rings is 2. The number of hydrogen-bond acceptors (Lipinski definition) is 6. The van der Waals surface area contributed by atoms with Crippen LogP contribution >= 0.6 is 22.7 Å². The molecule has 3 heterocycles. The molecule has 2 aromatic heterocycles. The van der Waals surface area contributed by atoms with Gasteiger partial charge in [0, 0.05) is 34.0 Å². The lowest BCUT2D eigenvalue weighted by Crippen LogP contribution is -2.40. The number of nitrogens with zero attached hydrogens (tertiary/aromatic N) is 2. The van der Waals surface area contributed by atoms with Crippen molar-refractivity contribution in [3.63, 3.8) is 0 Å². The van der Waals surface area contributed by atoms with Crippen molar-refractivity contribution in [2.75, 3.05) is 20.1 Å². The number of likely N-dealkylation sites (tertiary alicyclic amines) is 1. The molecular formula is C23H25N3OS2. The van der Waals surface area contributed by atoms with Crippen LogP contribution in [0, 0.1) is 11.3 Å². The summed E-state index contributed by atoms with van der Waals surface area (Å²) in [5.41, 5.74) is 3.78. The molecule has 0 aliphatic carbocycles. The van der Waals surface area contributed by atoms with E-state index in [1.165, 1.54) is 42.1 Å². The molecule has 3 aromatic rings. The van der Waals surface area contributed by atoms with Crippen molar-refractivity contribution in [1.82, 2.24) is 10.2 Å². The summed E-state index contributed by atoms with van der Waals surface area (Å²) < 4.78 is 6.01. The predicted molar refractivity (Wildman–Crippen MR) is 120 cm³/mol. The third-order valence-corrected chi connectivity index (χ3v) is 7.19. The van der Waals surface area contributed by atoms with E-state index in [9.17, 15) is 5.26 Å². The largest absolute Gasteiger partial charge is 0.478 e. The monoisotopic (exact) mass is 423 g/mol. The van der Waals surface area contributed by atoms with Gasteiger partial charge in [-0.3, -0.25) is 0 Å².